The standard InChI is InChI=1S/C13H16Br2N2O/c1-9(18)17-7-5-10(6-8-17)16-13-11(14)3-2-4-12(13)15/h2-4,10,16H,5-8H2,1H3. The number of carbonyl (C=O) groups is 1. The molecule has 1 saturated heterocycles. The van der Waals surface area contributed by atoms with Gasteiger partial charge in [-0.1, -0.05) is 6.07 Å². The third kappa shape index (κ3) is 3.26. The fourth-order valence-corrected chi connectivity index (χ4v) is 3.41. The van der Waals surface area contributed by atoms with E-state index in [0.717, 1.165) is 40.6 Å². The van der Waals surface area contributed by atoms with Gasteiger partial charge in [-0.15, -0.1) is 0 Å². The lowest BCUT2D eigenvalue weighted by atomic mass is 10.0. The van der Waals surface area contributed by atoms with Crippen molar-refractivity contribution in [2.24, 2.45) is 0 Å². The summed E-state index contributed by atoms with van der Waals surface area (Å²) in [6.07, 6.45) is 1.99. The van der Waals surface area contributed by atoms with E-state index in [1.165, 1.54) is 0 Å². The van der Waals surface area contributed by atoms with Gasteiger partial charge in [-0.3, -0.25) is 4.79 Å². The van der Waals surface area contributed by atoms with Crippen LogP contribution >= 0.6 is 31.9 Å². The van der Waals surface area contributed by atoms with Gasteiger partial charge in [0.1, 0.15) is 0 Å². The van der Waals surface area contributed by atoms with Gasteiger partial charge in [-0.05, 0) is 56.8 Å². The minimum Gasteiger partial charge on any atom is -0.380 e. The maximum atomic E-state index is 11.3. The van der Waals surface area contributed by atoms with Crippen molar-refractivity contribution < 1.29 is 4.79 Å². The van der Waals surface area contributed by atoms with Crippen molar-refractivity contribution >= 4 is 43.5 Å². The van der Waals surface area contributed by atoms with Crippen LogP contribution in [0.25, 0.3) is 0 Å². The molecule has 0 spiro atoms. The van der Waals surface area contributed by atoms with Crippen LogP contribution in [0.15, 0.2) is 27.1 Å². The molecule has 1 aliphatic rings. The molecule has 1 aromatic rings. The van der Waals surface area contributed by atoms with Crippen LogP contribution in [-0.4, -0.2) is 29.9 Å². The molecular weight excluding hydrogens is 360 g/mol. The molecule has 18 heavy (non-hydrogen) atoms. The lowest BCUT2D eigenvalue weighted by Gasteiger charge is -2.32. The topological polar surface area (TPSA) is 32.3 Å². The lowest BCUT2D eigenvalue weighted by molar-refractivity contribution is -0.129. The number of nitrogens with one attached hydrogen (secondary N) is 1. The van der Waals surface area contributed by atoms with Crippen molar-refractivity contribution in [3.05, 3.63) is 27.1 Å². The SMILES string of the molecule is CC(=O)N1CCC(Nc2c(Br)cccc2Br)CC1. The zero-order valence-corrected chi connectivity index (χ0v) is 13.4. The Kier molecular flexibility index (Phi) is 4.67. The second-order valence-electron chi connectivity index (χ2n) is 4.52. The van der Waals surface area contributed by atoms with Gasteiger partial charge in [0.2, 0.25) is 5.91 Å². The Morgan fingerprint density at radius 2 is 1.83 bits per heavy atom. The number of benzene rings is 1. The Hall–Kier alpha value is -0.550. The van der Waals surface area contributed by atoms with Crippen LogP contribution in [0, 0.1) is 0 Å². The van der Waals surface area contributed by atoms with Crippen molar-refractivity contribution in [3.63, 3.8) is 0 Å². The number of carbonyl (C=O) groups excluding carboxylic acids is 1. The molecule has 5 heteroatoms. The number of piperidine rings is 1. The van der Waals surface area contributed by atoms with Crippen LogP contribution in [-0.2, 0) is 4.79 Å². The largest absolute Gasteiger partial charge is 0.380 e. The zero-order chi connectivity index (χ0) is 13.1. The van der Waals surface area contributed by atoms with Crippen LogP contribution in [0.4, 0.5) is 5.69 Å². The third-order valence-corrected chi connectivity index (χ3v) is 4.57. The summed E-state index contributed by atoms with van der Waals surface area (Å²) in [5, 5.41) is 3.55. The number of hydrogen-bond acceptors (Lipinski definition) is 2. The highest BCUT2D eigenvalue weighted by Gasteiger charge is 2.21. The average molecular weight is 376 g/mol. The number of halogens is 2. The van der Waals surface area contributed by atoms with E-state index in [4.69, 9.17) is 0 Å². The van der Waals surface area contributed by atoms with E-state index in [1.807, 2.05) is 23.1 Å². The summed E-state index contributed by atoms with van der Waals surface area (Å²) in [7, 11) is 0. The predicted octanol–water partition coefficient (Wildman–Crippen LogP) is 3.63. The van der Waals surface area contributed by atoms with Crippen LogP contribution in [0.2, 0.25) is 0 Å². The summed E-state index contributed by atoms with van der Waals surface area (Å²) in [5.74, 6) is 0.176. The smallest absolute Gasteiger partial charge is 0.219 e. The summed E-state index contributed by atoms with van der Waals surface area (Å²) >= 11 is 7.10. The molecular formula is C13H16Br2N2O. The molecule has 1 aromatic carbocycles. The minimum atomic E-state index is 0.176. The zero-order valence-electron chi connectivity index (χ0n) is 10.2. The molecule has 1 amide bonds. The predicted molar refractivity (Wildman–Crippen MR) is 80.7 cm³/mol. The highest BCUT2D eigenvalue weighted by molar-refractivity contribution is 9.11. The quantitative estimate of drug-likeness (QED) is 0.855. The van der Waals surface area contributed by atoms with Gasteiger partial charge in [0.05, 0.1) is 5.69 Å². The summed E-state index contributed by atoms with van der Waals surface area (Å²) in [6, 6.07) is 6.48. The molecule has 0 radical (unpaired) electrons. The molecule has 0 atom stereocenters. The van der Waals surface area contributed by atoms with Crippen molar-refractivity contribution in [1.82, 2.24) is 4.90 Å². The van der Waals surface area contributed by atoms with Gasteiger partial charge in [0.25, 0.3) is 0 Å². The Morgan fingerprint density at radius 3 is 2.33 bits per heavy atom. The molecule has 1 fully saturated rings. The Balaban J connectivity index is 1.98. The van der Waals surface area contributed by atoms with Gasteiger partial charge in [-0.2, -0.15) is 0 Å². The molecule has 1 aliphatic heterocycles. The van der Waals surface area contributed by atoms with E-state index in [1.54, 1.807) is 6.92 Å². The highest BCUT2D eigenvalue weighted by atomic mass is 79.9. The van der Waals surface area contributed by atoms with E-state index in [-0.39, 0.29) is 5.91 Å². The van der Waals surface area contributed by atoms with E-state index < -0.39 is 0 Å². The first-order chi connectivity index (χ1) is 8.58. The van der Waals surface area contributed by atoms with Crippen LogP contribution < -0.4 is 5.32 Å². The first-order valence-corrected chi connectivity index (χ1v) is 7.62. The monoisotopic (exact) mass is 374 g/mol. The fourth-order valence-electron chi connectivity index (χ4n) is 2.18. The van der Waals surface area contributed by atoms with Crippen molar-refractivity contribution in [1.29, 1.82) is 0 Å². The molecule has 2 rings (SSSR count). The van der Waals surface area contributed by atoms with Gasteiger partial charge < -0.3 is 10.2 Å². The number of rotatable bonds is 2. The lowest BCUT2D eigenvalue weighted by Crippen LogP contribution is -2.41. The molecule has 0 bridgehead atoms. The molecule has 0 aliphatic carbocycles. The van der Waals surface area contributed by atoms with Gasteiger partial charge in [-0.25, -0.2) is 0 Å². The number of para-hydroxylation sites is 1. The first-order valence-electron chi connectivity index (χ1n) is 6.04. The second kappa shape index (κ2) is 6.06. The van der Waals surface area contributed by atoms with Crippen molar-refractivity contribution in [2.45, 2.75) is 25.8 Å². The number of amides is 1. The average Bonchev–Trinajstić information content (AvgIpc) is 2.34. The molecule has 98 valence electrons. The first kappa shape index (κ1) is 13.9. The van der Waals surface area contributed by atoms with Crippen molar-refractivity contribution in [3.8, 4) is 0 Å². The highest BCUT2D eigenvalue weighted by Crippen LogP contribution is 2.32. The fraction of sp³-hybridized carbons (Fsp3) is 0.462. The van der Waals surface area contributed by atoms with Crippen LogP contribution in [0.5, 0.6) is 0 Å². The Morgan fingerprint density at radius 1 is 1.28 bits per heavy atom. The molecule has 0 unspecified atom stereocenters. The van der Waals surface area contributed by atoms with E-state index in [2.05, 4.69) is 37.2 Å². The minimum absolute atomic E-state index is 0.176. The van der Waals surface area contributed by atoms with E-state index >= 15 is 0 Å². The summed E-state index contributed by atoms with van der Waals surface area (Å²) < 4.78 is 2.12. The number of nitrogens with zero attached hydrogens (tertiary/aromatic N) is 1. The number of anilines is 1. The molecule has 1 N–H and O–H groups in total. The molecule has 1 heterocycles. The van der Waals surface area contributed by atoms with Gasteiger partial charge in [0, 0.05) is 35.0 Å². The van der Waals surface area contributed by atoms with Crippen molar-refractivity contribution in [2.75, 3.05) is 18.4 Å². The van der Waals surface area contributed by atoms with Crippen LogP contribution in [0.3, 0.4) is 0 Å². The number of hydrogen-bond donors (Lipinski definition) is 1. The number of likely N-dealkylation sites (tertiary alicyclic amines) is 1. The third-order valence-electron chi connectivity index (χ3n) is 3.25. The van der Waals surface area contributed by atoms with E-state index in [0.29, 0.717) is 6.04 Å². The maximum absolute atomic E-state index is 11.3. The second-order valence-corrected chi connectivity index (χ2v) is 6.23. The maximum Gasteiger partial charge on any atom is 0.219 e. The molecule has 0 aromatic heterocycles. The van der Waals surface area contributed by atoms with E-state index in [9.17, 15) is 4.79 Å². The normalized spacial score (nSPS) is 16.7. The summed E-state index contributed by atoms with van der Waals surface area (Å²) in [6.45, 7) is 3.32. The Labute approximate surface area is 124 Å². The molecule has 3 nitrogen and oxygen atoms in total. The van der Waals surface area contributed by atoms with Gasteiger partial charge >= 0.3 is 0 Å². The summed E-state index contributed by atoms with van der Waals surface area (Å²) in [5.41, 5.74) is 1.10. The molecule has 0 saturated carbocycles. The summed E-state index contributed by atoms with van der Waals surface area (Å²) in [4.78, 5) is 13.2. The van der Waals surface area contributed by atoms with Gasteiger partial charge in [0.15, 0.2) is 0 Å². The van der Waals surface area contributed by atoms with Crippen LogP contribution in [0.1, 0.15) is 19.8 Å². The Bertz CT molecular complexity index is 422.